The highest BCUT2D eigenvalue weighted by molar-refractivity contribution is 6.49. The monoisotopic (exact) mass is 197 g/mol. The van der Waals surface area contributed by atoms with Gasteiger partial charge < -0.3 is 5.32 Å². The zero-order valence-corrected chi connectivity index (χ0v) is 7.54. The lowest BCUT2D eigenvalue weighted by Crippen LogP contribution is -2.23. The molecule has 0 spiro atoms. The van der Waals surface area contributed by atoms with Gasteiger partial charge in [0.25, 0.3) is 5.91 Å². The summed E-state index contributed by atoms with van der Waals surface area (Å²) in [7, 11) is 0. The predicted molar refractivity (Wildman–Crippen MR) is 50.8 cm³/mol. The number of ketones is 1. The van der Waals surface area contributed by atoms with E-state index in [1.807, 2.05) is 6.07 Å². The zero-order valence-electron chi connectivity index (χ0n) is 6.79. The summed E-state index contributed by atoms with van der Waals surface area (Å²) in [6.07, 6.45) is 0. The number of carbonyl (C=O) groups is 2. The largest absolute Gasteiger partial charge is 0.319 e. The lowest BCUT2D eigenvalue weighted by molar-refractivity contribution is -0.133. The maximum absolute atomic E-state index is 11.0. The number of hydrogen-bond acceptors (Lipinski definition) is 2. The number of amides is 1. The van der Waals surface area contributed by atoms with Crippen molar-refractivity contribution in [2.24, 2.45) is 0 Å². The van der Waals surface area contributed by atoms with Gasteiger partial charge in [-0.2, -0.15) is 0 Å². The number of benzene rings is 1. The lowest BCUT2D eigenvalue weighted by atomic mass is 10.3. The summed E-state index contributed by atoms with van der Waals surface area (Å²) in [5, 5.41) is 2.42. The van der Waals surface area contributed by atoms with E-state index in [2.05, 4.69) is 5.32 Å². The Morgan fingerprint density at radius 2 is 1.85 bits per heavy atom. The van der Waals surface area contributed by atoms with E-state index < -0.39 is 11.7 Å². The van der Waals surface area contributed by atoms with Gasteiger partial charge in [0, 0.05) is 5.69 Å². The molecule has 68 valence electrons. The highest BCUT2D eigenvalue weighted by Gasteiger charge is 2.11. The molecule has 0 aliphatic heterocycles. The quantitative estimate of drug-likeness (QED) is 0.589. The smallest absolute Gasteiger partial charge is 0.293 e. The van der Waals surface area contributed by atoms with Crippen molar-refractivity contribution in [3.05, 3.63) is 30.3 Å². The fraction of sp³-hybridized carbons (Fsp3) is 0.111. The molecule has 3 nitrogen and oxygen atoms in total. The molecule has 0 aliphatic rings. The van der Waals surface area contributed by atoms with Crippen molar-refractivity contribution in [3.8, 4) is 0 Å². The Morgan fingerprint density at radius 1 is 1.23 bits per heavy atom. The molecular weight excluding hydrogens is 190 g/mol. The third-order valence-corrected chi connectivity index (χ3v) is 1.65. The fourth-order valence-electron chi connectivity index (χ4n) is 0.783. The van der Waals surface area contributed by atoms with Crippen molar-refractivity contribution in [2.45, 2.75) is 0 Å². The molecule has 0 saturated carbocycles. The van der Waals surface area contributed by atoms with E-state index in [1.54, 1.807) is 24.3 Å². The highest BCUT2D eigenvalue weighted by Crippen LogP contribution is 2.04. The lowest BCUT2D eigenvalue weighted by Gasteiger charge is -2.01. The van der Waals surface area contributed by atoms with Gasteiger partial charge in [0.05, 0.1) is 5.88 Å². The molecule has 1 rings (SSSR count). The zero-order chi connectivity index (χ0) is 9.68. The number of para-hydroxylation sites is 1. The molecule has 1 N–H and O–H groups in total. The van der Waals surface area contributed by atoms with Crippen molar-refractivity contribution >= 4 is 29.0 Å². The Balaban J connectivity index is 2.60. The van der Waals surface area contributed by atoms with Gasteiger partial charge in [-0.1, -0.05) is 18.2 Å². The van der Waals surface area contributed by atoms with E-state index in [4.69, 9.17) is 11.6 Å². The number of Topliss-reactive ketones (excluding diaryl/α,β-unsaturated/α-hetero) is 1. The summed E-state index contributed by atoms with van der Waals surface area (Å²) in [4.78, 5) is 21.8. The minimum absolute atomic E-state index is 0.293. The molecule has 0 aromatic heterocycles. The Labute approximate surface area is 80.7 Å². The van der Waals surface area contributed by atoms with E-state index in [-0.39, 0.29) is 5.88 Å². The van der Waals surface area contributed by atoms with E-state index >= 15 is 0 Å². The van der Waals surface area contributed by atoms with Crippen LogP contribution in [0.3, 0.4) is 0 Å². The van der Waals surface area contributed by atoms with Gasteiger partial charge in [-0.3, -0.25) is 9.59 Å². The average Bonchev–Trinajstić information content (AvgIpc) is 2.18. The van der Waals surface area contributed by atoms with Gasteiger partial charge in [0.1, 0.15) is 0 Å². The van der Waals surface area contributed by atoms with Crippen LogP contribution in [-0.4, -0.2) is 17.6 Å². The second-order valence-electron chi connectivity index (χ2n) is 2.38. The Morgan fingerprint density at radius 3 is 2.38 bits per heavy atom. The molecule has 1 amide bonds. The van der Waals surface area contributed by atoms with Crippen molar-refractivity contribution < 1.29 is 9.59 Å². The Bertz CT molecular complexity index is 311. The highest BCUT2D eigenvalue weighted by atomic mass is 35.5. The van der Waals surface area contributed by atoms with Crippen LogP contribution in [0.5, 0.6) is 0 Å². The number of anilines is 1. The minimum Gasteiger partial charge on any atom is -0.319 e. The number of rotatable bonds is 3. The van der Waals surface area contributed by atoms with E-state index in [9.17, 15) is 9.59 Å². The maximum Gasteiger partial charge on any atom is 0.293 e. The standard InChI is InChI=1S/C9H8ClNO2/c10-6-8(12)9(13)11-7-4-2-1-3-5-7/h1-5H,6H2,(H,11,13). The summed E-state index contributed by atoms with van der Waals surface area (Å²) in [5.74, 6) is -1.61. The van der Waals surface area contributed by atoms with Crippen molar-refractivity contribution in [1.82, 2.24) is 0 Å². The van der Waals surface area contributed by atoms with Crippen LogP contribution in [0.25, 0.3) is 0 Å². The molecule has 0 fully saturated rings. The first-order valence-corrected chi connectivity index (χ1v) is 4.22. The van der Waals surface area contributed by atoms with Crippen LogP contribution < -0.4 is 5.32 Å². The number of carbonyl (C=O) groups excluding carboxylic acids is 2. The molecule has 0 unspecified atom stereocenters. The van der Waals surface area contributed by atoms with Gasteiger partial charge in [-0.15, -0.1) is 11.6 Å². The van der Waals surface area contributed by atoms with Crippen molar-refractivity contribution in [3.63, 3.8) is 0 Å². The molecule has 0 atom stereocenters. The average molecular weight is 198 g/mol. The van der Waals surface area contributed by atoms with Crippen LogP contribution in [0.1, 0.15) is 0 Å². The number of nitrogens with one attached hydrogen (secondary N) is 1. The fourth-order valence-corrected chi connectivity index (χ4v) is 0.904. The molecule has 4 heteroatoms. The van der Waals surface area contributed by atoms with E-state index in [0.717, 1.165) is 0 Å². The van der Waals surface area contributed by atoms with Gasteiger partial charge in [-0.25, -0.2) is 0 Å². The van der Waals surface area contributed by atoms with Crippen LogP contribution in [0.15, 0.2) is 30.3 Å². The molecule has 13 heavy (non-hydrogen) atoms. The third kappa shape index (κ3) is 2.87. The second kappa shape index (κ2) is 4.62. The summed E-state index contributed by atoms with van der Waals surface area (Å²) in [6, 6.07) is 8.74. The topological polar surface area (TPSA) is 46.2 Å². The Hall–Kier alpha value is -1.35. The molecule has 0 aliphatic carbocycles. The predicted octanol–water partition coefficient (Wildman–Crippen LogP) is 1.43. The molecular formula is C9H8ClNO2. The summed E-state index contributed by atoms with van der Waals surface area (Å²) >= 11 is 5.20. The van der Waals surface area contributed by atoms with Gasteiger partial charge >= 0.3 is 0 Å². The molecule has 0 heterocycles. The first kappa shape index (κ1) is 9.74. The SMILES string of the molecule is O=C(CCl)C(=O)Nc1ccccc1. The molecule has 0 bridgehead atoms. The Kier molecular flexibility index (Phi) is 3.46. The third-order valence-electron chi connectivity index (χ3n) is 1.41. The number of halogens is 1. The number of alkyl halides is 1. The van der Waals surface area contributed by atoms with Crippen LogP contribution >= 0.6 is 11.6 Å². The molecule has 0 radical (unpaired) electrons. The summed E-state index contributed by atoms with van der Waals surface area (Å²) in [5.41, 5.74) is 0.589. The van der Waals surface area contributed by atoms with Gasteiger partial charge in [-0.05, 0) is 12.1 Å². The van der Waals surface area contributed by atoms with Gasteiger partial charge in [0.15, 0.2) is 0 Å². The van der Waals surface area contributed by atoms with Gasteiger partial charge in [0.2, 0.25) is 5.78 Å². The number of hydrogen-bond donors (Lipinski definition) is 1. The van der Waals surface area contributed by atoms with Crippen LogP contribution in [-0.2, 0) is 9.59 Å². The second-order valence-corrected chi connectivity index (χ2v) is 2.64. The van der Waals surface area contributed by atoms with Crippen LogP contribution in [0, 0.1) is 0 Å². The van der Waals surface area contributed by atoms with E-state index in [0.29, 0.717) is 5.69 Å². The normalized spacial score (nSPS) is 9.31. The van der Waals surface area contributed by atoms with Crippen LogP contribution in [0.2, 0.25) is 0 Å². The van der Waals surface area contributed by atoms with Crippen LogP contribution in [0.4, 0.5) is 5.69 Å². The molecule has 1 aromatic carbocycles. The summed E-state index contributed by atoms with van der Waals surface area (Å²) < 4.78 is 0. The van der Waals surface area contributed by atoms with Crippen molar-refractivity contribution in [2.75, 3.05) is 11.2 Å². The maximum atomic E-state index is 11.0. The molecule has 0 saturated heterocycles. The van der Waals surface area contributed by atoms with E-state index in [1.165, 1.54) is 0 Å². The summed E-state index contributed by atoms with van der Waals surface area (Å²) in [6.45, 7) is 0. The van der Waals surface area contributed by atoms with Crippen molar-refractivity contribution in [1.29, 1.82) is 0 Å². The first-order chi connectivity index (χ1) is 6.24. The molecule has 1 aromatic rings. The first-order valence-electron chi connectivity index (χ1n) is 3.69. The minimum atomic E-state index is -0.679.